The van der Waals surface area contributed by atoms with Crippen LogP contribution in [0, 0.1) is 5.92 Å². The molecule has 6 nitrogen and oxygen atoms in total. The van der Waals surface area contributed by atoms with E-state index in [4.69, 9.17) is 0 Å². The van der Waals surface area contributed by atoms with Crippen molar-refractivity contribution in [1.82, 2.24) is 19.6 Å². The Morgan fingerprint density at radius 3 is 2.72 bits per heavy atom. The number of amides is 1. The summed E-state index contributed by atoms with van der Waals surface area (Å²) in [6, 6.07) is 0.218. The smallest absolute Gasteiger partial charge is 0.257 e. The van der Waals surface area contributed by atoms with Gasteiger partial charge in [-0.3, -0.25) is 9.48 Å². The number of nitrogens with zero attached hydrogens (tertiary/aromatic N) is 4. The number of rotatable bonds is 3. The highest BCUT2D eigenvalue weighted by molar-refractivity contribution is 5.94. The normalized spacial score (nSPS) is 23.9. The molecule has 100 valence electrons. The van der Waals surface area contributed by atoms with Crippen LogP contribution in [0.4, 0.5) is 0 Å². The van der Waals surface area contributed by atoms with Crippen LogP contribution in [0.2, 0.25) is 0 Å². The highest BCUT2D eigenvalue weighted by Gasteiger charge is 2.36. The molecule has 2 heterocycles. The van der Waals surface area contributed by atoms with Crippen molar-refractivity contribution in [3.8, 4) is 0 Å². The molecule has 1 amide bonds. The fourth-order valence-electron chi connectivity index (χ4n) is 2.50. The average molecular weight is 252 g/mol. The zero-order valence-electron chi connectivity index (χ0n) is 11.1. The Morgan fingerprint density at radius 1 is 1.56 bits per heavy atom. The molecule has 2 rings (SSSR count). The largest absolute Gasteiger partial charge is 0.396 e. The number of aryl methyl sites for hydroxylation is 1. The Balaban J connectivity index is 2.09. The summed E-state index contributed by atoms with van der Waals surface area (Å²) in [7, 11) is 5.75. The van der Waals surface area contributed by atoms with Crippen molar-refractivity contribution in [3.05, 3.63) is 18.0 Å². The third kappa shape index (κ3) is 2.39. The zero-order chi connectivity index (χ0) is 13.3. The number of hydrogen-bond acceptors (Lipinski definition) is 4. The van der Waals surface area contributed by atoms with Gasteiger partial charge in [0.25, 0.3) is 5.91 Å². The van der Waals surface area contributed by atoms with Gasteiger partial charge in [0.15, 0.2) is 0 Å². The van der Waals surface area contributed by atoms with E-state index >= 15 is 0 Å². The van der Waals surface area contributed by atoms with Gasteiger partial charge < -0.3 is 14.9 Å². The summed E-state index contributed by atoms with van der Waals surface area (Å²) in [4.78, 5) is 16.1. The Kier molecular flexibility index (Phi) is 3.68. The summed E-state index contributed by atoms with van der Waals surface area (Å²) in [5, 5.41) is 13.4. The molecule has 1 aromatic rings. The topological polar surface area (TPSA) is 61.6 Å². The maximum Gasteiger partial charge on any atom is 0.257 e. The minimum Gasteiger partial charge on any atom is -0.396 e. The van der Waals surface area contributed by atoms with Crippen LogP contribution in [0.15, 0.2) is 12.4 Å². The van der Waals surface area contributed by atoms with Gasteiger partial charge in [-0.1, -0.05) is 0 Å². The lowest BCUT2D eigenvalue weighted by Gasteiger charge is -2.23. The predicted molar refractivity (Wildman–Crippen MR) is 67.2 cm³/mol. The molecule has 1 fully saturated rings. The van der Waals surface area contributed by atoms with Crippen molar-refractivity contribution >= 4 is 5.91 Å². The zero-order valence-corrected chi connectivity index (χ0v) is 11.1. The van der Waals surface area contributed by atoms with E-state index in [0.29, 0.717) is 18.7 Å². The van der Waals surface area contributed by atoms with Crippen LogP contribution in [0.1, 0.15) is 10.4 Å². The summed E-state index contributed by atoms with van der Waals surface area (Å²) in [6.07, 6.45) is 3.30. The van der Waals surface area contributed by atoms with Crippen LogP contribution >= 0.6 is 0 Å². The molecule has 0 saturated carbocycles. The molecule has 1 N–H and O–H groups in total. The van der Waals surface area contributed by atoms with Crippen LogP contribution in [0.3, 0.4) is 0 Å². The highest BCUT2D eigenvalue weighted by Crippen LogP contribution is 2.21. The van der Waals surface area contributed by atoms with E-state index in [9.17, 15) is 9.90 Å². The SMILES string of the molecule is CN(C)[C@@H]1CN(C(=O)c2cnn(C)c2)C[C@H]1CO. The number of hydrogen-bond donors (Lipinski definition) is 1. The number of aliphatic hydroxyl groups is 1. The van der Waals surface area contributed by atoms with Gasteiger partial charge in [0.05, 0.1) is 11.8 Å². The lowest BCUT2D eigenvalue weighted by atomic mass is 10.0. The van der Waals surface area contributed by atoms with Crippen molar-refractivity contribution in [3.63, 3.8) is 0 Å². The van der Waals surface area contributed by atoms with Crippen LogP contribution < -0.4 is 0 Å². The highest BCUT2D eigenvalue weighted by atomic mass is 16.3. The van der Waals surface area contributed by atoms with Crippen LogP contribution in [0.5, 0.6) is 0 Å². The fourth-order valence-corrected chi connectivity index (χ4v) is 2.50. The molecule has 1 aromatic heterocycles. The van der Waals surface area contributed by atoms with Crippen LogP contribution in [-0.4, -0.2) is 70.4 Å². The number of aliphatic hydroxyl groups excluding tert-OH is 1. The second-order valence-electron chi connectivity index (χ2n) is 5.09. The van der Waals surface area contributed by atoms with Crippen molar-refractivity contribution in [2.45, 2.75) is 6.04 Å². The van der Waals surface area contributed by atoms with Crippen molar-refractivity contribution in [2.24, 2.45) is 13.0 Å². The first kappa shape index (κ1) is 13.0. The first-order valence-electron chi connectivity index (χ1n) is 6.08. The van der Waals surface area contributed by atoms with E-state index in [1.807, 2.05) is 14.1 Å². The molecule has 1 saturated heterocycles. The summed E-state index contributed by atoms with van der Waals surface area (Å²) in [6.45, 7) is 1.37. The van der Waals surface area contributed by atoms with Gasteiger partial charge in [0, 0.05) is 44.9 Å². The van der Waals surface area contributed by atoms with E-state index < -0.39 is 0 Å². The molecule has 18 heavy (non-hydrogen) atoms. The fraction of sp³-hybridized carbons (Fsp3) is 0.667. The summed E-state index contributed by atoms with van der Waals surface area (Å²) in [5.41, 5.74) is 0.605. The van der Waals surface area contributed by atoms with Gasteiger partial charge in [-0.2, -0.15) is 5.10 Å². The average Bonchev–Trinajstić information content (AvgIpc) is 2.93. The lowest BCUT2D eigenvalue weighted by molar-refractivity contribution is 0.0778. The molecule has 0 aromatic carbocycles. The van der Waals surface area contributed by atoms with Gasteiger partial charge in [0.1, 0.15) is 0 Å². The first-order chi connectivity index (χ1) is 8.52. The molecule has 6 heteroatoms. The standard InChI is InChI=1S/C12H20N4O2/c1-14(2)11-7-16(6-10(11)8-17)12(18)9-4-13-15(3)5-9/h4-5,10-11,17H,6-8H2,1-3H3/t10-,11+/m0/s1. The van der Waals surface area contributed by atoms with Crippen molar-refractivity contribution < 1.29 is 9.90 Å². The van der Waals surface area contributed by atoms with Crippen LogP contribution in [-0.2, 0) is 7.05 Å². The summed E-state index contributed by atoms with van der Waals surface area (Å²) in [5.74, 6) is 0.117. The van der Waals surface area contributed by atoms with E-state index in [-0.39, 0.29) is 24.5 Å². The van der Waals surface area contributed by atoms with Crippen molar-refractivity contribution in [2.75, 3.05) is 33.8 Å². The molecular weight excluding hydrogens is 232 g/mol. The third-order valence-electron chi connectivity index (χ3n) is 3.54. The molecule has 1 aliphatic rings. The van der Waals surface area contributed by atoms with E-state index in [1.165, 1.54) is 0 Å². The molecule has 0 bridgehead atoms. The van der Waals surface area contributed by atoms with E-state index in [1.54, 1.807) is 29.0 Å². The predicted octanol–water partition coefficient (Wildman–Crippen LogP) is -0.585. The van der Waals surface area contributed by atoms with Gasteiger partial charge in [0.2, 0.25) is 0 Å². The Morgan fingerprint density at radius 2 is 2.28 bits per heavy atom. The number of aromatic nitrogens is 2. The lowest BCUT2D eigenvalue weighted by Crippen LogP contribution is -2.37. The summed E-state index contributed by atoms with van der Waals surface area (Å²) >= 11 is 0. The molecule has 2 atom stereocenters. The van der Waals surface area contributed by atoms with Gasteiger partial charge in [-0.15, -0.1) is 0 Å². The molecule has 0 spiro atoms. The number of carbonyl (C=O) groups is 1. The number of likely N-dealkylation sites (tertiary alicyclic amines) is 1. The molecule has 0 radical (unpaired) electrons. The van der Waals surface area contributed by atoms with Gasteiger partial charge >= 0.3 is 0 Å². The molecule has 0 unspecified atom stereocenters. The molecule has 1 aliphatic heterocycles. The second kappa shape index (κ2) is 5.07. The number of likely N-dealkylation sites (N-methyl/N-ethyl adjacent to an activating group) is 1. The Hall–Kier alpha value is -1.40. The molecule has 0 aliphatic carbocycles. The van der Waals surface area contributed by atoms with Gasteiger partial charge in [-0.25, -0.2) is 0 Å². The maximum atomic E-state index is 12.3. The molecular formula is C12H20N4O2. The van der Waals surface area contributed by atoms with Gasteiger partial charge in [-0.05, 0) is 14.1 Å². The first-order valence-corrected chi connectivity index (χ1v) is 6.08. The van der Waals surface area contributed by atoms with Crippen molar-refractivity contribution in [1.29, 1.82) is 0 Å². The Bertz CT molecular complexity index is 429. The minimum atomic E-state index is -0.00843. The van der Waals surface area contributed by atoms with E-state index in [0.717, 1.165) is 0 Å². The quantitative estimate of drug-likeness (QED) is 0.781. The third-order valence-corrected chi connectivity index (χ3v) is 3.54. The Labute approximate surface area is 107 Å². The number of carbonyl (C=O) groups excluding carboxylic acids is 1. The monoisotopic (exact) mass is 252 g/mol. The summed E-state index contributed by atoms with van der Waals surface area (Å²) < 4.78 is 1.62. The second-order valence-corrected chi connectivity index (χ2v) is 5.09. The van der Waals surface area contributed by atoms with E-state index in [2.05, 4.69) is 10.00 Å². The maximum absolute atomic E-state index is 12.3. The minimum absolute atomic E-state index is 0.00843. The van der Waals surface area contributed by atoms with Crippen LogP contribution in [0.25, 0.3) is 0 Å².